The van der Waals surface area contributed by atoms with Crippen molar-refractivity contribution in [1.29, 1.82) is 0 Å². The largest absolute Gasteiger partial charge is 0.431 e. The van der Waals surface area contributed by atoms with Gasteiger partial charge in [-0.3, -0.25) is 4.57 Å². The Labute approximate surface area is 150 Å². The summed E-state index contributed by atoms with van der Waals surface area (Å²) in [5.74, 6) is 3.36. The van der Waals surface area contributed by atoms with Gasteiger partial charge in [0.2, 0.25) is 0 Å². The average Bonchev–Trinajstić information content (AvgIpc) is 2.98. The zero-order valence-electron chi connectivity index (χ0n) is 16.4. The molecule has 0 aromatic carbocycles. The Hall–Kier alpha value is 0.0969. The van der Waals surface area contributed by atoms with E-state index in [1.165, 1.54) is 58.0 Å². The molecule has 140 valence electrons. The van der Waals surface area contributed by atoms with Crippen molar-refractivity contribution in [2.24, 2.45) is 23.7 Å². The van der Waals surface area contributed by atoms with E-state index in [1.807, 2.05) is 0 Å². The van der Waals surface area contributed by atoms with Gasteiger partial charge in [-0.05, 0) is 76.3 Å². The zero-order valence-corrected chi connectivity index (χ0v) is 17.4. The van der Waals surface area contributed by atoms with E-state index in [0.717, 1.165) is 36.9 Å². The van der Waals surface area contributed by atoms with E-state index >= 15 is 0 Å². The van der Waals surface area contributed by atoms with Gasteiger partial charge < -0.3 is 8.85 Å². The summed E-state index contributed by atoms with van der Waals surface area (Å²) in [6.45, 7) is 13.2. The van der Waals surface area contributed by atoms with Crippen LogP contribution in [0.4, 0.5) is 0 Å². The molecule has 1 heterocycles. The number of fused-ring (bicyclic) bond motifs is 1. The fourth-order valence-electron chi connectivity index (χ4n) is 6.19. The molecule has 0 radical (unpaired) electrons. The molecule has 2 aliphatic carbocycles. The lowest BCUT2D eigenvalue weighted by molar-refractivity contribution is 0.0692. The summed E-state index contributed by atoms with van der Waals surface area (Å²) in [4.78, 5) is 0. The molecule has 3 nitrogen and oxygen atoms in total. The Balaban J connectivity index is 1.89. The standard InChI is InChI=1S/C20H39NO2Si/c1-5-22-24(23-6-2,21-14-16(3)13-17(4)15-21)20-12-11-18-9-7-8-10-19(18)20/h16-20H,5-15H2,1-4H3. The first-order chi connectivity index (χ1) is 11.6. The second-order valence-electron chi connectivity index (χ2n) is 8.74. The van der Waals surface area contributed by atoms with Crippen LogP contribution in [0.5, 0.6) is 0 Å². The molecule has 0 amide bonds. The highest BCUT2D eigenvalue weighted by molar-refractivity contribution is 6.66. The Kier molecular flexibility index (Phi) is 6.44. The maximum Gasteiger partial charge on any atom is 0.431 e. The molecule has 3 aliphatic rings. The number of hydrogen-bond donors (Lipinski definition) is 0. The predicted molar refractivity (Wildman–Crippen MR) is 102 cm³/mol. The van der Waals surface area contributed by atoms with Gasteiger partial charge in [-0.15, -0.1) is 0 Å². The van der Waals surface area contributed by atoms with E-state index in [-0.39, 0.29) is 0 Å². The summed E-state index contributed by atoms with van der Waals surface area (Å²) in [6, 6.07) is 0. The van der Waals surface area contributed by atoms with Gasteiger partial charge in [0.05, 0.1) is 0 Å². The number of rotatable bonds is 6. The zero-order chi connectivity index (χ0) is 17.2. The molecule has 4 heteroatoms. The maximum absolute atomic E-state index is 6.68. The van der Waals surface area contributed by atoms with Crippen LogP contribution in [0.25, 0.3) is 0 Å². The van der Waals surface area contributed by atoms with Gasteiger partial charge in [0.1, 0.15) is 0 Å². The van der Waals surface area contributed by atoms with Crippen molar-refractivity contribution in [3.63, 3.8) is 0 Å². The molecule has 1 aliphatic heterocycles. The minimum Gasteiger partial charge on any atom is -0.383 e. The minimum atomic E-state index is -2.32. The summed E-state index contributed by atoms with van der Waals surface area (Å²) in [7, 11) is -2.32. The van der Waals surface area contributed by atoms with Gasteiger partial charge in [0.25, 0.3) is 0 Å². The number of piperidine rings is 1. The SMILES string of the molecule is CCO[Si](OCC)(C1CCC2CCCCC21)N1CC(C)CC(C)C1. The molecule has 0 bridgehead atoms. The molecule has 5 atom stereocenters. The van der Waals surface area contributed by atoms with Crippen LogP contribution in [0.1, 0.15) is 72.6 Å². The van der Waals surface area contributed by atoms with Crippen LogP contribution in [0, 0.1) is 23.7 Å². The summed E-state index contributed by atoms with van der Waals surface area (Å²) in [5.41, 5.74) is 0.695. The van der Waals surface area contributed by atoms with Gasteiger partial charge in [0, 0.05) is 18.8 Å². The Morgan fingerprint density at radius 3 is 2.12 bits per heavy atom. The summed E-state index contributed by atoms with van der Waals surface area (Å²) in [5, 5.41) is 0. The van der Waals surface area contributed by atoms with Crippen molar-refractivity contribution >= 4 is 8.72 Å². The summed E-state index contributed by atoms with van der Waals surface area (Å²) < 4.78 is 16.1. The average molecular weight is 354 g/mol. The van der Waals surface area contributed by atoms with Crippen LogP contribution in [0.2, 0.25) is 5.54 Å². The highest BCUT2D eigenvalue weighted by atomic mass is 28.4. The van der Waals surface area contributed by atoms with Crippen molar-refractivity contribution < 1.29 is 8.85 Å². The molecule has 5 unspecified atom stereocenters. The van der Waals surface area contributed by atoms with Crippen LogP contribution in [0.3, 0.4) is 0 Å². The van der Waals surface area contributed by atoms with Crippen molar-refractivity contribution in [2.75, 3.05) is 26.3 Å². The van der Waals surface area contributed by atoms with E-state index in [9.17, 15) is 0 Å². The molecular weight excluding hydrogens is 314 g/mol. The van der Waals surface area contributed by atoms with E-state index in [2.05, 4.69) is 32.3 Å². The van der Waals surface area contributed by atoms with Crippen molar-refractivity contribution in [1.82, 2.24) is 4.57 Å². The smallest absolute Gasteiger partial charge is 0.383 e. The molecule has 3 rings (SSSR count). The van der Waals surface area contributed by atoms with Crippen LogP contribution in [-0.2, 0) is 8.85 Å². The lowest BCUT2D eigenvalue weighted by Crippen LogP contribution is -2.65. The maximum atomic E-state index is 6.68. The monoisotopic (exact) mass is 353 g/mol. The molecule has 0 spiro atoms. The van der Waals surface area contributed by atoms with Gasteiger partial charge in [-0.2, -0.15) is 0 Å². The Bertz CT molecular complexity index is 389. The van der Waals surface area contributed by atoms with Crippen molar-refractivity contribution in [3.8, 4) is 0 Å². The minimum absolute atomic E-state index is 0.695. The van der Waals surface area contributed by atoms with Crippen LogP contribution < -0.4 is 0 Å². The lowest BCUT2D eigenvalue weighted by Gasteiger charge is -2.49. The molecule has 24 heavy (non-hydrogen) atoms. The first-order valence-corrected chi connectivity index (χ1v) is 12.5. The van der Waals surface area contributed by atoms with E-state index in [4.69, 9.17) is 8.85 Å². The molecular formula is C20H39NO2Si. The molecule has 1 saturated heterocycles. The number of hydrogen-bond acceptors (Lipinski definition) is 3. The Morgan fingerprint density at radius 1 is 0.875 bits per heavy atom. The van der Waals surface area contributed by atoms with Crippen LogP contribution in [0.15, 0.2) is 0 Å². The second kappa shape index (κ2) is 8.19. The third-order valence-electron chi connectivity index (χ3n) is 6.81. The van der Waals surface area contributed by atoms with Gasteiger partial charge in [-0.25, -0.2) is 0 Å². The van der Waals surface area contributed by atoms with Crippen molar-refractivity contribution in [3.05, 3.63) is 0 Å². The number of nitrogens with zero attached hydrogens (tertiary/aromatic N) is 1. The fourth-order valence-corrected chi connectivity index (χ4v) is 11.0. The highest BCUT2D eigenvalue weighted by Crippen LogP contribution is 2.54. The normalized spacial score (nSPS) is 38.2. The lowest BCUT2D eigenvalue weighted by atomic mass is 9.82. The first kappa shape index (κ1) is 18.9. The third kappa shape index (κ3) is 3.62. The summed E-state index contributed by atoms with van der Waals surface area (Å²) >= 11 is 0. The van der Waals surface area contributed by atoms with E-state index in [1.54, 1.807) is 0 Å². The molecule has 2 saturated carbocycles. The van der Waals surface area contributed by atoms with Gasteiger partial charge >= 0.3 is 8.72 Å². The van der Waals surface area contributed by atoms with Gasteiger partial charge in [-0.1, -0.05) is 33.1 Å². The van der Waals surface area contributed by atoms with Crippen molar-refractivity contribution in [2.45, 2.75) is 78.2 Å². The van der Waals surface area contributed by atoms with Crippen LogP contribution in [-0.4, -0.2) is 39.6 Å². The topological polar surface area (TPSA) is 21.7 Å². The Morgan fingerprint density at radius 2 is 1.50 bits per heavy atom. The fraction of sp³-hybridized carbons (Fsp3) is 1.00. The van der Waals surface area contributed by atoms with Gasteiger partial charge in [0.15, 0.2) is 0 Å². The van der Waals surface area contributed by atoms with E-state index in [0.29, 0.717) is 5.54 Å². The summed E-state index contributed by atoms with van der Waals surface area (Å²) in [6.07, 6.45) is 9.87. The first-order valence-electron chi connectivity index (χ1n) is 10.6. The molecule has 0 aromatic rings. The molecule has 0 N–H and O–H groups in total. The molecule has 0 aromatic heterocycles. The molecule has 3 fully saturated rings. The quantitative estimate of drug-likeness (QED) is 0.631. The van der Waals surface area contributed by atoms with Crippen LogP contribution >= 0.6 is 0 Å². The second-order valence-corrected chi connectivity index (χ2v) is 12.0. The highest BCUT2D eigenvalue weighted by Gasteiger charge is 2.58. The van der Waals surface area contributed by atoms with E-state index < -0.39 is 8.72 Å². The third-order valence-corrected chi connectivity index (χ3v) is 11.1. The predicted octanol–water partition coefficient (Wildman–Crippen LogP) is 4.95.